The highest BCUT2D eigenvalue weighted by Crippen LogP contribution is 2.09. The zero-order valence-electron chi connectivity index (χ0n) is 9.80. The molecule has 0 N–H and O–H groups in total. The Labute approximate surface area is 95.0 Å². The summed E-state index contributed by atoms with van der Waals surface area (Å²) in [7, 11) is 0. The van der Waals surface area contributed by atoms with Crippen molar-refractivity contribution in [2.75, 3.05) is 19.0 Å². The van der Waals surface area contributed by atoms with Crippen LogP contribution in [-0.2, 0) is 4.74 Å². The van der Waals surface area contributed by atoms with E-state index in [0.29, 0.717) is 5.92 Å². The van der Waals surface area contributed by atoms with Crippen LogP contribution in [-0.4, -0.2) is 19.0 Å². The zero-order valence-corrected chi connectivity index (χ0v) is 10.7. The number of hydrogen-bond acceptors (Lipinski definition) is 2. The molecule has 1 atom stereocenters. The van der Waals surface area contributed by atoms with Crippen LogP contribution in [0.1, 0.15) is 52.4 Å². The van der Waals surface area contributed by atoms with Crippen molar-refractivity contribution in [3.8, 4) is 0 Å². The summed E-state index contributed by atoms with van der Waals surface area (Å²) in [6.07, 6.45) is 7.67. The minimum atomic E-state index is 0.662. The van der Waals surface area contributed by atoms with E-state index in [1.165, 1.54) is 38.5 Å². The molecule has 0 aliphatic rings. The lowest BCUT2D eigenvalue weighted by molar-refractivity contribution is 0.0998. The second kappa shape index (κ2) is 11.4. The van der Waals surface area contributed by atoms with Crippen LogP contribution in [0.5, 0.6) is 0 Å². The predicted octanol–water partition coefficient (Wildman–Crippen LogP) is 3.93. The van der Waals surface area contributed by atoms with E-state index < -0.39 is 0 Å². The molecular formula is C12H26OS. The number of thiol groups is 1. The molecular weight excluding hydrogens is 192 g/mol. The molecule has 0 aliphatic heterocycles. The van der Waals surface area contributed by atoms with Gasteiger partial charge in [-0.25, -0.2) is 0 Å². The van der Waals surface area contributed by atoms with Crippen LogP contribution in [0.25, 0.3) is 0 Å². The van der Waals surface area contributed by atoms with Gasteiger partial charge >= 0.3 is 0 Å². The molecule has 0 fully saturated rings. The molecule has 14 heavy (non-hydrogen) atoms. The van der Waals surface area contributed by atoms with E-state index >= 15 is 0 Å². The fourth-order valence-corrected chi connectivity index (χ4v) is 1.80. The first kappa shape index (κ1) is 14.3. The van der Waals surface area contributed by atoms with E-state index in [2.05, 4.69) is 26.5 Å². The molecule has 0 saturated heterocycles. The first-order valence-corrected chi connectivity index (χ1v) is 6.66. The van der Waals surface area contributed by atoms with Gasteiger partial charge < -0.3 is 4.74 Å². The first-order valence-electron chi connectivity index (χ1n) is 6.03. The van der Waals surface area contributed by atoms with E-state index in [4.69, 9.17) is 4.74 Å². The summed E-state index contributed by atoms with van der Waals surface area (Å²) >= 11 is 4.33. The molecule has 0 aromatic heterocycles. The van der Waals surface area contributed by atoms with Crippen LogP contribution >= 0.6 is 12.6 Å². The molecule has 0 saturated carbocycles. The fourth-order valence-electron chi connectivity index (χ4n) is 1.52. The van der Waals surface area contributed by atoms with Crippen molar-refractivity contribution < 1.29 is 4.74 Å². The average molecular weight is 218 g/mol. The first-order chi connectivity index (χ1) is 6.85. The quantitative estimate of drug-likeness (QED) is 0.432. The summed E-state index contributed by atoms with van der Waals surface area (Å²) in [4.78, 5) is 0. The third-order valence-corrected chi connectivity index (χ3v) is 2.97. The van der Waals surface area contributed by atoms with E-state index in [-0.39, 0.29) is 0 Å². The number of unbranched alkanes of at least 4 members (excludes halogenated alkanes) is 3. The number of hydrogen-bond donors (Lipinski definition) is 1. The SMILES string of the molecule is CCCCCCOCC(CS)CCC. The Morgan fingerprint density at radius 2 is 1.86 bits per heavy atom. The van der Waals surface area contributed by atoms with Gasteiger partial charge in [0, 0.05) is 6.61 Å². The summed E-state index contributed by atoms with van der Waals surface area (Å²) in [6.45, 7) is 6.30. The molecule has 1 nitrogen and oxygen atoms in total. The normalized spacial score (nSPS) is 13.1. The molecule has 0 radical (unpaired) electrons. The minimum Gasteiger partial charge on any atom is -0.381 e. The molecule has 0 bridgehead atoms. The molecule has 0 amide bonds. The van der Waals surface area contributed by atoms with Crippen molar-refractivity contribution in [1.82, 2.24) is 0 Å². The van der Waals surface area contributed by atoms with Gasteiger partial charge in [-0.05, 0) is 24.5 Å². The van der Waals surface area contributed by atoms with Gasteiger partial charge in [-0.15, -0.1) is 0 Å². The van der Waals surface area contributed by atoms with Crippen LogP contribution in [0.3, 0.4) is 0 Å². The summed E-state index contributed by atoms with van der Waals surface area (Å²) in [6, 6.07) is 0. The lowest BCUT2D eigenvalue weighted by atomic mass is 10.1. The molecule has 1 unspecified atom stereocenters. The third-order valence-electron chi connectivity index (χ3n) is 2.45. The Morgan fingerprint density at radius 3 is 2.43 bits per heavy atom. The van der Waals surface area contributed by atoms with Gasteiger partial charge in [0.1, 0.15) is 0 Å². The molecule has 0 rings (SSSR count). The maximum absolute atomic E-state index is 5.64. The van der Waals surface area contributed by atoms with E-state index in [0.717, 1.165) is 19.0 Å². The Morgan fingerprint density at radius 1 is 1.07 bits per heavy atom. The van der Waals surface area contributed by atoms with Gasteiger partial charge in [0.2, 0.25) is 0 Å². The Kier molecular flexibility index (Phi) is 11.6. The molecule has 0 aliphatic carbocycles. The van der Waals surface area contributed by atoms with Gasteiger partial charge in [-0.3, -0.25) is 0 Å². The zero-order chi connectivity index (χ0) is 10.6. The lowest BCUT2D eigenvalue weighted by Gasteiger charge is -2.13. The van der Waals surface area contributed by atoms with Gasteiger partial charge in [0.05, 0.1) is 6.61 Å². The summed E-state index contributed by atoms with van der Waals surface area (Å²) < 4.78 is 5.64. The second-order valence-electron chi connectivity index (χ2n) is 3.97. The van der Waals surface area contributed by atoms with Crippen molar-refractivity contribution in [3.63, 3.8) is 0 Å². The summed E-state index contributed by atoms with van der Waals surface area (Å²) in [5.74, 6) is 1.62. The smallest absolute Gasteiger partial charge is 0.0502 e. The van der Waals surface area contributed by atoms with Crippen LogP contribution in [0.15, 0.2) is 0 Å². The minimum absolute atomic E-state index is 0.662. The highest BCUT2D eigenvalue weighted by atomic mass is 32.1. The van der Waals surface area contributed by atoms with Gasteiger partial charge in [-0.1, -0.05) is 39.5 Å². The highest BCUT2D eigenvalue weighted by Gasteiger charge is 2.04. The van der Waals surface area contributed by atoms with Gasteiger partial charge in [0.25, 0.3) is 0 Å². The topological polar surface area (TPSA) is 9.23 Å². The molecule has 0 heterocycles. The second-order valence-corrected chi connectivity index (χ2v) is 4.34. The van der Waals surface area contributed by atoms with E-state index in [1.807, 2.05) is 0 Å². The molecule has 86 valence electrons. The number of rotatable bonds is 10. The van der Waals surface area contributed by atoms with E-state index in [9.17, 15) is 0 Å². The maximum atomic E-state index is 5.64. The van der Waals surface area contributed by atoms with Gasteiger partial charge in [-0.2, -0.15) is 12.6 Å². The number of ether oxygens (including phenoxy) is 1. The monoisotopic (exact) mass is 218 g/mol. The summed E-state index contributed by atoms with van der Waals surface area (Å²) in [5, 5.41) is 0. The molecule has 0 spiro atoms. The van der Waals surface area contributed by atoms with E-state index in [1.54, 1.807) is 0 Å². The Balaban J connectivity index is 3.15. The Hall–Kier alpha value is 0.310. The lowest BCUT2D eigenvalue weighted by Crippen LogP contribution is -2.11. The predicted molar refractivity (Wildman–Crippen MR) is 67.2 cm³/mol. The van der Waals surface area contributed by atoms with Crippen LogP contribution in [0.2, 0.25) is 0 Å². The maximum Gasteiger partial charge on any atom is 0.0502 e. The van der Waals surface area contributed by atoms with Crippen LogP contribution in [0.4, 0.5) is 0 Å². The van der Waals surface area contributed by atoms with Crippen LogP contribution < -0.4 is 0 Å². The molecule has 0 aromatic carbocycles. The van der Waals surface area contributed by atoms with Crippen molar-refractivity contribution in [1.29, 1.82) is 0 Å². The third kappa shape index (κ3) is 8.89. The largest absolute Gasteiger partial charge is 0.381 e. The Bertz CT molecular complexity index is 106. The average Bonchev–Trinajstić information content (AvgIpc) is 2.21. The molecule has 0 aromatic rings. The van der Waals surface area contributed by atoms with Crippen LogP contribution in [0, 0.1) is 5.92 Å². The van der Waals surface area contributed by atoms with Crippen molar-refractivity contribution in [2.24, 2.45) is 5.92 Å². The standard InChI is InChI=1S/C12H26OS/c1-3-5-6-7-9-13-10-12(11-14)8-4-2/h12,14H,3-11H2,1-2H3. The van der Waals surface area contributed by atoms with Crippen molar-refractivity contribution in [2.45, 2.75) is 52.4 Å². The van der Waals surface area contributed by atoms with Gasteiger partial charge in [0.15, 0.2) is 0 Å². The molecule has 2 heteroatoms. The van der Waals surface area contributed by atoms with Crippen molar-refractivity contribution >= 4 is 12.6 Å². The highest BCUT2D eigenvalue weighted by molar-refractivity contribution is 7.80. The fraction of sp³-hybridized carbons (Fsp3) is 1.00. The summed E-state index contributed by atoms with van der Waals surface area (Å²) in [5.41, 5.74) is 0. The van der Waals surface area contributed by atoms with Crippen molar-refractivity contribution in [3.05, 3.63) is 0 Å².